The van der Waals surface area contributed by atoms with Crippen LogP contribution in [0.2, 0.25) is 0 Å². The number of nitrogens with one attached hydrogen (secondary N) is 1. The van der Waals surface area contributed by atoms with Crippen LogP contribution in [0.5, 0.6) is 5.75 Å². The van der Waals surface area contributed by atoms with Gasteiger partial charge in [-0.1, -0.05) is 62.7 Å². The fraction of sp³-hybridized carbons (Fsp3) is 0.391. The van der Waals surface area contributed by atoms with Gasteiger partial charge in [-0.15, -0.1) is 0 Å². The number of carbonyl (C=O) groups is 2. The Labute approximate surface area is 167 Å². The van der Waals surface area contributed by atoms with Crippen molar-refractivity contribution >= 4 is 11.8 Å². The second-order valence-electron chi connectivity index (χ2n) is 6.68. The Morgan fingerprint density at radius 2 is 1.71 bits per heavy atom. The van der Waals surface area contributed by atoms with E-state index in [-0.39, 0.29) is 11.8 Å². The Morgan fingerprint density at radius 3 is 2.29 bits per heavy atom. The van der Waals surface area contributed by atoms with Crippen LogP contribution in [0, 0.1) is 0 Å². The van der Waals surface area contributed by atoms with Crippen molar-refractivity contribution < 1.29 is 14.3 Å². The monoisotopic (exact) mass is 382 g/mol. The quantitative estimate of drug-likeness (QED) is 0.630. The van der Waals surface area contributed by atoms with Crippen molar-refractivity contribution in [1.29, 1.82) is 0 Å². The van der Waals surface area contributed by atoms with E-state index >= 15 is 0 Å². The summed E-state index contributed by atoms with van der Waals surface area (Å²) in [5, 5.41) is 2.99. The fourth-order valence-corrected chi connectivity index (χ4v) is 3.05. The van der Waals surface area contributed by atoms with Gasteiger partial charge < -0.3 is 15.0 Å². The van der Waals surface area contributed by atoms with E-state index in [1.54, 1.807) is 12.0 Å². The molecule has 0 aliphatic carbocycles. The summed E-state index contributed by atoms with van der Waals surface area (Å²) in [6.45, 7) is 4.87. The van der Waals surface area contributed by atoms with Gasteiger partial charge in [-0.25, -0.2) is 0 Å². The molecule has 0 saturated carbocycles. The van der Waals surface area contributed by atoms with E-state index in [0.29, 0.717) is 19.5 Å². The first-order valence-electron chi connectivity index (χ1n) is 9.85. The minimum Gasteiger partial charge on any atom is -0.497 e. The molecule has 2 aromatic rings. The van der Waals surface area contributed by atoms with E-state index in [4.69, 9.17) is 4.74 Å². The molecule has 0 unspecified atom stereocenters. The highest BCUT2D eigenvalue weighted by molar-refractivity contribution is 5.88. The van der Waals surface area contributed by atoms with Crippen molar-refractivity contribution in [1.82, 2.24) is 10.2 Å². The molecular weight excluding hydrogens is 352 g/mol. The number of nitrogens with zero attached hydrogens (tertiary/aromatic N) is 1. The van der Waals surface area contributed by atoms with Crippen LogP contribution in [0.1, 0.15) is 50.3 Å². The maximum Gasteiger partial charge on any atom is 0.247 e. The van der Waals surface area contributed by atoms with Crippen molar-refractivity contribution in [3.8, 4) is 5.75 Å². The number of methoxy groups -OCH3 is 1. The van der Waals surface area contributed by atoms with Gasteiger partial charge in [0.25, 0.3) is 0 Å². The number of benzene rings is 2. The van der Waals surface area contributed by atoms with Crippen molar-refractivity contribution in [3.05, 3.63) is 65.7 Å². The van der Waals surface area contributed by atoms with Crippen LogP contribution in [0.4, 0.5) is 0 Å². The van der Waals surface area contributed by atoms with Gasteiger partial charge in [-0.3, -0.25) is 9.59 Å². The topological polar surface area (TPSA) is 58.6 Å². The molecule has 0 radical (unpaired) electrons. The molecule has 0 fully saturated rings. The van der Waals surface area contributed by atoms with E-state index < -0.39 is 6.04 Å². The highest BCUT2D eigenvalue weighted by atomic mass is 16.5. The highest BCUT2D eigenvalue weighted by Crippen LogP contribution is 2.25. The van der Waals surface area contributed by atoms with Crippen molar-refractivity contribution in [2.75, 3.05) is 13.7 Å². The molecule has 0 aromatic heterocycles. The van der Waals surface area contributed by atoms with Crippen LogP contribution >= 0.6 is 0 Å². The van der Waals surface area contributed by atoms with Gasteiger partial charge in [0.2, 0.25) is 11.8 Å². The van der Waals surface area contributed by atoms with Gasteiger partial charge in [-0.2, -0.15) is 0 Å². The van der Waals surface area contributed by atoms with Crippen molar-refractivity contribution in [3.63, 3.8) is 0 Å². The number of hydrogen-bond donors (Lipinski definition) is 1. The summed E-state index contributed by atoms with van der Waals surface area (Å²) < 4.78 is 5.21. The Balaban J connectivity index is 2.34. The summed E-state index contributed by atoms with van der Waals surface area (Å²) in [6, 6.07) is 16.4. The van der Waals surface area contributed by atoms with Crippen LogP contribution in [0.15, 0.2) is 54.6 Å². The molecule has 2 aromatic carbocycles. The average molecular weight is 383 g/mol. The minimum atomic E-state index is -0.660. The molecule has 28 heavy (non-hydrogen) atoms. The number of amides is 2. The van der Waals surface area contributed by atoms with E-state index in [0.717, 1.165) is 29.7 Å². The lowest BCUT2D eigenvalue weighted by atomic mass is 10.0. The standard InChI is InChI=1S/C23H30N2O3/c1-4-6-16-24-23(27)22(19-10-8-7-9-11-19)25(21(26)5-2)17-18-12-14-20(28-3)15-13-18/h7-15,22H,4-6,16-17H2,1-3H3,(H,24,27)/t22-/m1/s1. The molecule has 5 nitrogen and oxygen atoms in total. The number of unbranched alkanes of at least 4 members (excludes halogenated alkanes) is 1. The zero-order valence-electron chi connectivity index (χ0n) is 17.0. The van der Waals surface area contributed by atoms with E-state index in [9.17, 15) is 9.59 Å². The summed E-state index contributed by atoms with van der Waals surface area (Å²) in [7, 11) is 1.62. The largest absolute Gasteiger partial charge is 0.497 e. The lowest BCUT2D eigenvalue weighted by Gasteiger charge is -2.31. The van der Waals surface area contributed by atoms with Crippen LogP contribution in [-0.4, -0.2) is 30.4 Å². The maximum absolute atomic E-state index is 13.0. The smallest absolute Gasteiger partial charge is 0.247 e. The predicted octanol–water partition coefficient (Wildman–Crippen LogP) is 4.09. The molecule has 2 rings (SSSR count). The van der Waals surface area contributed by atoms with Gasteiger partial charge in [0, 0.05) is 19.5 Å². The fourth-order valence-electron chi connectivity index (χ4n) is 3.05. The third-order valence-electron chi connectivity index (χ3n) is 4.64. The molecule has 1 atom stereocenters. The molecule has 0 bridgehead atoms. The molecule has 0 spiro atoms. The summed E-state index contributed by atoms with van der Waals surface area (Å²) in [6.07, 6.45) is 2.24. The zero-order valence-corrected chi connectivity index (χ0v) is 17.0. The number of rotatable bonds is 10. The van der Waals surface area contributed by atoms with Gasteiger partial charge in [-0.05, 0) is 29.7 Å². The van der Waals surface area contributed by atoms with E-state index in [1.807, 2.05) is 61.5 Å². The molecular formula is C23H30N2O3. The molecule has 0 aliphatic rings. The first-order chi connectivity index (χ1) is 13.6. The highest BCUT2D eigenvalue weighted by Gasteiger charge is 2.30. The number of ether oxygens (including phenoxy) is 1. The Hall–Kier alpha value is -2.82. The lowest BCUT2D eigenvalue weighted by Crippen LogP contribution is -2.43. The second kappa shape index (κ2) is 11.1. The Bertz CT molecular complexity index is 744. The number of hydrogen-bond acceptors (Lipinski definition) is 3. The second-order valence-corrected chi connectivity index (χ2v) is 6.68. The van der Waals surface area contributed by atoms with Crippen LogP contribution in [0.3, 0.4) is 0 Å². The summed E-state index contributed by atoms with van der Waals surface area (Å²) >= 11 is 0. The van der Waals surface area contributed by atoms with E-state index in [2.05, 4.69) is 12.2 Å². The first kappa shape index (κ1) is 21.5. The lowest BCUT2D eigenvalue weighted by molar-refractivity contribution is -0.141. The summed E-state index contributed by atoms with van der Waals surface area (Å²) in [5.41, 5.74) is 1.76. The molecule has 0 heterocycles. The molecule has 2 amide bonds. The SMILES string of the molecule is CCCCNC(=O)[C@@H](c1ccccc1)N(Cc1ccc(OC)cc1)C(=O)CC. The van der Waals surface area contributed by atoms with Crippen molar-refractivity contribution in [2.45, 2.75) is 45.7 Å². The third kappa shape index (κ3) is 5.84. The Kier molecular flexibility index (Phi) is 8.53. The maximum atomic E-state index is 13.0. The Morgan fingerprint density at radius 1 is 1.04 bits per heavy atom. The van der Waals surface area contributed by atoms with Gasteiger partial charge >= 0.3 is 0 Å². The molecule has 1 N–H and O–H groups in total. The summed E-state index contributed by atoms with van der Waals surface area (Å²) in [4.78, 5) is 27.5. The predicted molar refractivity (Wildman–Crippen MR) is 111 cm³/mol. The molecule has 5 heteroatoms. The molecule has 0 saturated heterocycles. The van der Waals surface area contributed by atoms with Crippen molar-refractivity contribution in [2.24, 2.45) is 0 Å². The molecule has 0 aliphatic heterocycles. The van der Waals surface area contributed by atoms with Crippen LogP contribution in [0.25, 0.3) is 0 Å². The van der Waals surface area contributed by atoms with Gasteiger partial charge in [0.1, 0.15) is 11.8 Å². The van der Waals surface area contributed by atoms with Gasteiger partial charge in [0.15, 0.2) is 0 Å². The van der Waals surface area contributed by atoms with Crippen LogP contribution in [-0.2, 0) is 16.1 Å². The molecule has 150 valence electrons. The summed E-state index contributed by atoms with van der Waals surface area (Å²) in [5.74, 6) is 0.555. The first-order valence-corrected chi connectivity index (χ1v) is 9.85. The normalized spacial score (nSPS) is 11.5. The van der Waals surface area contributed by atoms with E-state index in [1.165, 1.54) is 0 Å². The minimum absolute atomic E-state index is 0.0599. The van der Waals surface area contributed by atoms with Gasteiger partial charge in [0.05, 0.1) is 7.11 Å². The third-order valence-corrected chi connectivity index (χ3v) is 4.64. The zero-order chi connectivity index (χ0) is 20.4. The number of carbonyl (C=O) groups excluding carboxylic acids is 2. The van der Waals surface area contributed by atoms with Crippen LogP contribution < -0.4 is 10.1 Å². The average Bonchev–Trinajstić information content (AvgIpc) is 2.74.